The molecule has 0 bridgehead atoms. The van der Waals surface area contributed by atoms with Gasteiger partial charge in [-0.05, 0) is 30.7 Å². The van der Waals surface area contributed by atoms with Crippen molar-refractivity contribution in [2.75, 3.05) is 6.54 Å². The number of carboxylic acid groups (broad SMARTS) is 1. The van der Waals surface area contributed by atoms with Gasteiger partial charge in [-0.15, -0.1) is 0 Å². The summed E-state index contributed by atoms with van der Waals surface area (Å²) >= 11 is 6.00. The molecule has 3 rings (SSSR count). The maximum Gasteiger partial charge on any atom is 0.323 e. The highest BCUT2D eigenvalue weighted by atomic mass is 32.2. The standard InChI is InChI=1S/C17H12N2O6S2/c1-9-2-4-11(12(6-9)19(23)24)13-5-3-10(25-13)7-14-16(22)18(8-15(20)21)17(26)27-14/h2-7H,8H2,1H3,(H,20,21)/b14-7-. The number of carboxylic acids is 1. The Morgan fingerprint density at radius 1 is 1.41 bits per heavy atom. The van der Waals surface area contributed by atoms with Crippen molar-refractivity contribution < 1.29 is 24.0 Å². The molecule has 0 spiro atoms. The molecular weight excluding hydrogens is 392 g/mol. The van der Waals surface area contributed by atoms with Crippen LogP contribution in [0.5, 0.6) is 0 Å². The fourth-order valence-corrected chi connectivity index (χ4v) is 3.71. The Morgan fingerprint density at radius 2 is 2.15 bits per heavy atom. The summed E-state index contributed by atoms with van der Waals surface area (Å²) in [5.41, 5.74) is 0.992. The molecule has 1 aromatic heterocycles. The lowest BCUT2D eigenvalue weighted by atomic mass is 10.1. The monoisotopic (exact) mass is 404 g/mol. The zero-order chi connectivity index (χ0) is 19.7. The molecule has 1 amide bonds. The summed E-state index contributed by atoms with van der Waals surface area (Å²) in [7, 11) is 0. The van der Waals surface area contributed by atoms with E-state index in [2.05, 4.69) is 0 Å². The number of aryl methyl sites for hydroxylation is 1. The van der Waals surface area contributed by atoms with Crippen LogP contribution in [0.4, 0.5) is 5.69 Å². The number of carbonyl (C=O) groups is 2. The number of hydrogen-bond donors (Lipinski definition) is 1. The molecule has 27 heavy (non-hydrogen) atoms. The van der Waals surface area contributed by atoms with E-state index in [1.165, 1.54) is 12.1 Å². The van der Waals surface area contributed by atoms with Crippen LogP contribution in [-0.2, 0) is 9.59 Å². The lowest BCUT2D eigenvalue weighted by molar-refractivity contribution is -0.384. The van der Waals surface area contributed by atoms with Crippen LogP contribution in [0.15, 0.2) is 39.7 Å². The van der Waals surface area contributed by atoms with E-state index in [4.69, 9.17) is 21.7 Å². The van der Waals surface area contributed by atoms with Crippen molar-refractivity contribution in [3.8, 4) is 11.3 Å². The van der Waals surface area contributed by atoms with Gasteiger partial charge in [0.05, 0.1) is 15.4 Å². The molecule has 0 saturated carbocycles. The summed E-state index contributed by atoms with van der Waals surface area (Å²) in [5.74, 6) is -1.10. The molecule has 0 aliphatic carbocycles. The smallest absolute Gasteiger partial charge is 0.323 e. The van der Waals surface area contributed by atoms with Crippen molar-refractivity contribution in [2.45, 2.75) is 6.92 Å². The quantitative estimate of drug-likeness (QED) is 0.349. The fraction of sp³-hybridized carbons (Fsp3) is 0.118. The molecule has 2 heterocycles. The Labute approximate surface area is 162 Å². The molecule has 2 aromatic rings. The molecule has 0 atom stereocenters. The second kappa shape index (κ2) is 7.33. The third kappa shape index (κ3) is 3.91. The molecule has 1 aliphatic heterocycles. The van der Waals surface area contributed by atoms with Gasteiger partial charge < -0.3 is 9.52 Å². The number of aliphatic carboxylic acids is 1. The van der Waals surface area contributed by atoms with Crippen molar-refractivity contribution >= 4 is 51.9 Å². The molecule has 0 radical (unpaired) electrons. The number of benzene rings is 1. The minimum Gasteiger partial charge on any atom is -0.480 e. The lowest BCUT2D eigenvalue weighted by Gasteiger charge is -2.09. The molecule has 8 nitrogen and oxygen atoms in total. The van der Waals surface area contributed by atoms with Gasteiger partial charge >= 0.3 is 5.97 Å². The Kier molecular flexibility index (Phi) is 5.10. The van der Waals surface area contributed by atoms with E-state index >= 15 is 0 Å². The van der Waals surface area contributed by atoms with E-state index in [0.717, 1.165) is 22.2 Å². The number of thiocarbonyl (C=S) groups is 1. The van der Waals surface area contributed by atoms with Crippen LogP contribution < -0.4 is 0 Å². The highest BCUT2D eigenvalue weighted by Gasteiger charge is 2.33. The molecule has 1 aliphatic rings. The van der Waals surface area contributed by atoms with E-state index in [9.17, 15) is 19.7 Å². The molecule has 1 saturated heterocycles. The van der Waals surface area contributed by atoms with E-state index in [1.807, 2.05) is 0 Å². The predicted molar refractivity (Wildman–Crippen MR) is 103 cm³/mol. The Balaban J connectivity index is 1.91. The number of rotatable bonds is 5. The van der Waals surface area contributed by atoms with Crippen molar-refractivity contribution in [2.24, 2.45) is 0 Å². The number of nitrogens with zero attached hydrogens (tertiary/aromatic N) is 2. The van der Waals surface area contributed by atoms with Gasteiger partial charge in [-0.3, -0.25) is 24.6 Å². The second-order valence-electron chi connectivity index (χ2n) is 5.64. The average molecular weight is 404 g/mol. The number of thioether (sulfide) groups is 1. The van der Waals surface area contributed by atoms with Gasteiger partial charge in [-0.25, -0.2) is 0 Å². The number of nitro benzene ring substituents is 1. The van der Waals surface area contributed by atoms with Crippen LogP contribution in [0, 0.1) is 17.0 Å². The highest BCUT2D eigenvalue weighted by Crippen LogP contribution is 2.35. The van der Waals surface area contributed by atoms with Crippen LogP contribution >= 0.6 is 24.0 Å². The third-order valence-electron chi connectivity index (χ3n) is 3.68. The van der Waals surface area contributed by atoms with Gasteiger partial charge in [-0.1, -0.05) is 30.0 Å². The molecule has 10 heteroatoms. The highest BCUT2D eigenvalue weighted by molar-refractivity contribution is 8.26. The molecule has 1 N–H and O–H groups in total. The third-order valence-corrected chi connectivity index (χ3v) is 5.06. The summed E-state index contributed by atoms with van der Waals surface area (Å²) in [4.78, 5) is 35.1. The van der Waals surface area contributed by atoms with Gasteiger partial charge in [0.15, 0.2) is 0 Å². The first-order chi connectivity index (χ1) is 12.8. The molecular formula is C17H12N2O6S2. The Morgan fingerprint density at radius 3 is 2.81 bits per heavy atom. The van der Waals surface area contributed by atoms with Crippen LogP contribution in [0.2, 0.25) is 0 Å². The van der Waals surface area contributed by atoms with Crippen LogP contribution in [-0.4, -0.2) is 37.7 Å². The number of carbonyl (C=O) groups excluding carboxylic acids is 1. The van der Waals surface area contributed by atoms with Gasteiger partial charge in [0.25, 0.3) is 11.6 Å². The first-order valence-corrected chi connectivity index (χ1v) is 8.81. The topological polar surface area (TPSA) is 114 Å². The normalized spacial score (nSPS) is 15.6. The molecule has 1 aromatic carbocycles. The zero-order valence-electron chi connectivity index (χ0n) is 13.9. The summed E-state index contributed by atoms with van der Waals surface area (Å²) in [5, 5.41) is 20.1. The van der Waals surface area contributed by atoms with Crippen molar-refractivity contribution in [1.82, 2.24) is 4.90 Å². The van der Waals surface area contributed by atoms with Crippen LogP contribution in [0.25, 0.3) is 17.4 Å². The number of furan rings is 1. The average Bonchev–Trinajstić information content (AvgIpc) is 3.15. The van der Waals surface area contributed by atoms with Crippen molar-refractivity contribution in [1.29, 1.82) is 0 Å². The fourth-order valence-electron chi connectivity index (χ4n) is 2.48. The number of hydrogen-bond acceptors (Lipinski definition) is 7. The van der Waals surface area contributed by atoms with Gasteiger partial charge in [-0.2, -0.15) is 0 Å². The first-order valence-electron chi connectivity index (χ1n) is 7.58. The first kappa shape index (κ1) is 18.8. The summed E-state index contributed by atoms with van der Waals surface area (Å²) < 4.78 is 5.79. The molecule has 1 fully saturated rings. The van der Waals surface area contributed by atoms with E-state index in [1.54, 1.807) is 31.2 Å². The Hall–Kier alpha value is -2.98. The van der Waals surface area contributed by atoms with Crippen molar-refractivity contribution in [3.05, 3.63) is 56.7 Å². The molecule has 0 unspecified atom stereocenters. The van der Waals surface area contributed by atoms with E-state index < -0.39 is 23.3 Å². The van der Waals surface area contributed by atoms with Gasteiger partial charge in [0.2, 0.25) is 0 Å². The van der Waals surface area contributed by atoms with E-state index in [0.29, 0.717) is 11.3 Å². The Bertz CT molecular complexity index is 1010. The predicted octanol–water partition coefficient (Wildman–Crippen LogP) is 3.45. The lowest BCUT2D eigenvalue weighted by Crippen LogP contribution is -2.33. The largest absolute Gasteiger partial charge is 0.480 e. The van der Waals surface area contributed by atoms with Gasteiger partial charge in [0, 0.05) is 12.1 Å². The number of amides is 1. The summed E-state index contributed by atoms with van der Waals surface area (Å²) in [6.07, 6.45) is 1.44. The second-order valence-corrected chi connectivity index (χ2v) is 7.32. The van der Waals surface area contributed by atoms with E-state index in [-0.39, 0.29) is 20.7 Å². The number of nitro groups is 1. The van der Waals surface area contributed by atoms with Gasteiger partial charge in [0.1, 0.15) is 22.4 Å². The summed E-state index contributed by atoms with van der Waals surface area (Å²) in [6.45, 7) is 1.24. The van der Waals surface area contributed by atoms with Crippen LogP contribution in [0.1, 0.15) is 11.3 Å². The minimum absolute atomic E-state index is 0.0799. The maximum atomic E-state index is 12.3. The zero-order valence-corrected chi connectivity index (χ0v) is 15.5. The minimum atomic E-state index is -1.17. The SMILES string of the molecule is Cc1ccc(-c2ccc(/C=C3\SC(=S)N(CC(=O)O)C3=O)o2)c([N+](=O)[O-])c1. The van der Waals surface area contributed by atoms with Crippen LogP contribution in [0.3, 0.4) is 0 Å². The maximum absolute atomic E-state index is 12.3. The summed E-state index contributed by atoms with van der Waals surface area (Å²) in [6, 6.07) is 7.93. The molecule has 138 valence electrons. The van der Waals surface area contributed by atoms with Crippen molar-refractivity contribution in [3.63, 3.8) is 0 Å².